The molecule has 180 valence electrons. The van der Waals surface area contributed by atoms with E-state index in [-0.39, 0.29) is 18.3 Å². The third-order valence-electron chi connectivity index (χ3n) is 6.15. The summed E-state index contributed by atoms with van der Waals surface area (Å²) in [6.45, 7) is 9.02. The molecule has 2 fully saturated rings. The monoisotopic (exact) mass is 474 g/mol. The Labute approximate surface area is 194 Å². The molecule has 3 heterocycles. The van der Waals surface area contributed by atoms with Crippen LogP contribution in [0.1, 0.15) is 29.8 Å². The second-order valence-electron chi connectivity index (χ2n) is 8.44. The summed E-state index contributed by atoms with van der Waals surface area (Å²) in [5.41, 5.74) is 0.511. The van der Waals surface area contributed by atoms with Crippen molar-refractivity contribution in [3.8, 4) is 0 Å². The molecule has 1 spiro atoms. The molecule has 1 aromatic carbocycles. The Kier molecular flexibility index (Phi) is 6.11. The van der Waals surface area contributed by atoms with Crippen molar-refractivity contribution in [2.75, 3.05) is 36.4 Å². The van der Waals surface area contributed by atoms with Gasteiger partial charge in [0.2, 0.25) is 11.9 Å². The number of imidazole rings is 1. The Hall–Kier alpha value is -3.76. The third-order valence-corrected chi connectivity index (χ3v) is 6.15. The molecule has 3 N–H and O–H groups in total. The van der Waals surface area contributed by atoms with Gasteiger partial charge in [0.25, 0.3) is 0 Å². The van der Waals surface area contributed by atoms with Crippen LogP contribution in [-0.2, 0) is 11.0 Å². The van der Waals surface area contributed by atoms with Crippen LogP contribution in [0.5, 0.6) is 0 Å². The number of hydrogen-bond donors (Lipinski definition) is 3. The summed E-state index contributed by atoms with van der Waals surface area (Å²) >= 11 is 0. The van der Waals surface area contributed by atoms with E-state index in [1.165, 1.54) is 17.0 Å². The average Bonchev–Trinajstić information content (AvgIpc) is 3.34. The maximum Gasteiger partial charge on any atom is 0.416 e. The number of aromatic amines is 1. The number of carbonyl (C=O) groups is 2. The normalized spacial score (nSPS) is 17.6. The Balaban J connectivity index is 1.32. The lowest BCUT2D eigenvalue weighted by Gasteiger charge is -2.38. The minimum Gasteiger partial charge on any atom is -0.342 e. The van der Waals surface area contributed by atoms with Crippen molar-refractivity contribution >= 4 is 35.7 Å². The van der Waals surface area contributed by atoms with Gasteiger partial charge < -0.3 is 25.4 Å². The van der Waals surface area contributed by atoms with Gasteiger partial charge in [-0.15, -0.1) is 0 Å². The van der Waals surface area contributed by atoms with Gasteiger partial charge in [-0.25, -0.2) is 9.78 Å². The summed E-state index contributed by atoms with van der Waals surface area (Å²) < 4.78 is 38.1. The summed E-state index contributed by atoms with van der Waals surface area (Å²) in [5.74, 6) is 0.241. The van der Waals surface area contributed by atoms with Gasteiger partial charge in [-0.3, -0.25) is 4.79 Å². The molecule has 0 radical (unpaired) electrons. The van der Waals surface area contributed by atoms with E-state index in [0.29, 0.717) is 32.5 Å². The first-order valence-electron chi connectivity index (χ1n) is 10.8. The number of rotatable bonds is 6. The third kappa shape index (κ3) is 4.78. The molecular formula is C23H25F3N6O2. The quantitative estimate of drug-likeness (QED) is 0.595. The first-order valence-corrected chi connectivity index (χ1v) is 10.8. The molecule has 2 aliphatic heterocycles. The lowest BCUT2D eigenvalue weighted by Crippen LogP contribution is -2.52. The molecule has 2 saturated heterocycles. The first kappa shape index (κ1) is 23.4. The van der Waals surface area contributed by atoms with Crippen LogP contribution in [0.15, 0.2) is 37.4 Å². The maximum absolute atomic E-state index is 12.7. The van der Waals surface area contributed by atoms with Gasteiger partial charge >= 0.3 is 12.2 Å². The van der Waals surface area contributed by atoms with Gasteiger partial charge in [0.05, 0.1) is 22.5 Å². The highest BCUT2D eigenvalue weighted by Gasteiger charge is 2.45. The van der Waals surface area contributed by atoms with Crippen molar-refractivity contribution in [3.63, 3.8) is 0 Å². The maximum atomic E-state index is 12.7. The predicted octanol–water partition coefficient (Wildman–Crippen LogP) is 3.72. The van der Waals surface area contributed by atoms with Gasteiger partial charge in [0.15, 0.2) is 0 Å². The summed E-state index contributed by atoms with van der Waals surface area (Å²) in [7, 11) is 0. The lowest BCUT2D eigenvalue weighted by molar-refractivity contribution is -0.137. The van der Waals surface area contributed by atoms with Crippen LogP contribution in [-0.4, -0.2) is 58.5 Å². The van der Waals surface area contributed by atoms with Crippen molar-refractivity contribution < 1.29 is 22.8 Å². The van der Waals surface area contributed by atoms with E-state index >= 15 is 0 Å². The highest BCUT2D eigenvalue weighted by molar-refractivity contribution is 5.94. The van der Waals surface area contributed by atoms with Crippen LogP contribution in [0.25, 0.3) is 12.2 Å². The van der Waals surface area contributed by atoms with E-state index in [2.05, 4.69) is 38.7 Å². The number of benzene rings is 1. The highest BCUT2D eigenvalue weighted by atomic mass is 19.4. The number of piperidine rings is 1. The van der Waals surface area contributed by atoms with Crippen LogP contribution in [0.4, 0.5) is 29.6 Å². The van der Waals surface area contributed by atoms with Gasteiger partial charge in [-0.2, -0.15) is 13.2 Å². The van der Waals surface area contributed by atoms with E-state index in [0.717, 1.165) is 29.5 Å². The number of carbonyl (C=O) groups excluding carboxylic acids is 2. The standard InChI is InChI=1S/C23H25F3N6O2/c1-3-17-18(4-2)29-20(28-17)31-11-9-22(10-12-31)14-32(21(34)30-22)13-19(33)27-16-7-5-15(6-8-16)23(24,25)26/h3-8H,1-2,9-14H2,(H,27,33)(H,28,29)(H,30,34). The van der Waals surface area contributed by atoms with Crippen LogP contribution < -0.4 is 15.5 Å². The molecule has 1 aromatic heterocycles. The van der Waals surface area contributed by atoms with Crippen molar-refractivity contribution in [1.29, 1.82) is 0 Å². The zero-order valence-corrected chi connectivity index (χ0v) is 18.4. The zero-order valence-electron chi connectivity index (χ0n) is 18.4. The molecule has 0 bridgehead atoms. The fourth-order valence-corrected chi connectivity index (χ4v) is 4.30. The number of nitrogens with one attached hydrogen (secondary N) is 3. The van der Waals surface area contributed by atoms with E-state index in [9.17, 15) is 22.8 Å². The molecule has 4 rings (SSSR count). The molecule has 3 amide bonds. The van der Waals surface area contributed by atoms with Crippen molar-refractivity contribution in [1.82, 2.24) is 20.2 Å². The fourth-order valence-electron chi connectivity index (χ4n) is 4.30. The fraction of sp³-hybridized carbons (Fsp3) is 0.348. The topological polar surface area (TPSA) is 93.4 Å². The number of hydrogen-bond acceptors (Lipinski definition) is 4. The molecular weight excluding hydrogens is 449 g/mol. The SMILES string of the molecule is C=Cc1nc(N2CCC3(CC2)CN(CC(=O)Nc2ccc(C(F)(F)F)cc2)C(=O)N3)[nH]c1C=C. The Bertz CT molecular complexity index is 1080. The van der Waals surface area contributed by atoms with Gasteiger partial charge in [-0.05, 0) is 49.3 Å². The van der Waals surface area contributed by atoms with Gasteiger partial charge in [0.1, 0.15) is 6.54 Å². The average molecular weight is 474 g/mol. The number of urea groups is 1. The molecule has 2 aliphatic rings. The molecule has 8 nitrogen and oxygen atoms in total. The van der Waals surface area contributed by atoms with Crippen molar-refractivity contribution in [2.45, 2.75) is 24.6 Å². The second-order valence-corrected chi connectivity index (χ2v) is 8.44. The molecule has 2 aromatic rings. The van der Waals surface area contributed by atoms with Crippen LogP contribution in [0.3, 0.4) is 0 Å². The summed E-state index contributed by atoms with van der Waals surface area (Å²) in [6, 6.07) is 3.83. The number of aromatic nitrogens is 2. The molecule has 0 aliphatic carbocycles. The number of halogens is 3. The van der Waals surface area contributed by atoms with E-state index in [1.807, 2.05) is 0 Å². The minimum absolute atomic E-state index is 0.193. The summed E-state index contributed by atoms with van der Waals surface area (Å²) in [6.07, 6.45) is 0.239. The largest absolute Gasteiger partial charge is 0.416 e. The first-order chi connectivity index (χ1) is 16.1. The van der Waals surface area contributed by atoms with Gasteiger partial charge in [-0.1, -0.05) is 13.2 Å². The number of anilines is 2. The minimum atomic E-state index is -4.45. The Morgan fingerprint density at radius 3 is 2.41 bits per heavy atom. The van der Waals surface area contributed by atoms with Crippen molar-refractivity contribution in [3.05, 3.63) is 54.4 Å². The summed E-state index contributed by atoms with van der Waals surface area (Å²) in [5, 5.41) is 5.56. The molecule has 0 atom stereocenters. The number of H-pyrrole nitrogens is 1. The number of amides is 3. The van der Waals surface area contributed by atoms with Gasteiger partial charge in [0, 0.05) is 25.3 Å². The lowest BCUT2D eigenvalue weighted by atomic mass is 9.88. The zero-order chi connectivity index (χ0) is 24.5. The van der Waals surface area contributed by atoms with E-state index in [4.69, 9.17) is 0 Å². The second kappa shape index (κ2) is 8.88. The summed E-state index contributed by atoms with van der Waals surface area (Å²) in [4.78, 5) is 36.2. The predicted molar refractivity (Wildman–Crippen MR) is 123 cm³/mol. The Morgan fingerprint density at radius 2 is 1.85 bits per heavy atom. The Morgan fingerprint density at radius 1 is 1.18 bits per heavy atom. The molecule has 11 heteroatoms. The highest BCUT2D eigenvalue weighted by Crippen LogP contribution is 2.31. The number of nitrogens with zero attached hydrogens (tertiary/aromatic N) is 3. The van der Waals surface area contributed by atoms with Crippen LogP contribution >= 0.6 is 0 Å². The van der Waals surface area contributed by atoms with Crippen LogP contribution in [0.2, 0.25) is 0 Å². The molecule has 0 unspecified atom stereocenters. The molecule has 34 heavy (non-hydrogen) atoms. The smallest absolute Gasteiger partial charge is 0.342 e. The molecule has 0 saturated carbocycles. The van der Waals surface area contributed by atoms with Crippen molar-refractivity contribution in [2.24, 2.45) is 0 Å². The van der Waals surface area contributed by atoms with Crippen LogP contribution in [0, 0.1) is 0 Å². The number of alkyl halides is 3. The van der Waals surface area contributed by atoms with E-state index < -0.39 is 23.2 Å². The van der Waals surface area contributed by atoms with E-state index in [1.54, 1.807) is 12.2 Å².